The number of nitrogens with one attached hydrogen (secondary N) is 1. The molecule has 1 saturated carbocycles. The van der Waals surface area contributed by atoms with Crippen LogP contribution in [0.15, 0.2) is 0 Å². The van der Waals surface area contributed by atoms with Gasteiger partial charge in [0.1, 0.15) is 0 Å². The van der Waals surface area contributed by atoms with Gasteiger partial charge in [0.15, 0.2) is 0 Å². The first kappa shape index (κ1) is 17.2. The molecule has 1 saturated heterocycles. The summed E-state index contributed by atoms with van der Waals surface area (Å²) in [4.78, 5) is 5.06. The maximum Gasteiger partial charge on any atom is 0.0829 e. The highest BCUT2D eigenvalue weighted by Gasteiger charge is 2.27. The van der Waals surface area contributed by atoms with Crippen LogP contribution in [0.4, 0.5) is 0 Å². The van der Waals surface area contributed by atoms with Gasteiger partial charge in [-0.15, -0.1) is 0 Å². The molecule has 2 aliphatic rings. The quantitative estimate of drug-likeness (QED) is 0.777. The van der Waals surface area contributed by atoms with Gasteiger partial charge in [0.05, 0.1) is 12.7 Å². The number of hydrogen-bond acceptors (Lipinski definition) is 4. The Hall–Kier alpha value is -0.160. The van der Waals surface area contributed by atoms with E-state index in [-0.39, 0.29) is 0 Å². The molecule has 1 aliphatic carbocycles. The molecule has 21 heavy (non-hydrogen) atoms. The molecule has 4 heteroatoms. The molecule has 0 aromatic rings. The van der Waals surface area contributed by atoms with E-state index in [4.69, 9.17) is 4.74 Å². The molecule has 0 bridgehead atoms. The molecule has 1 heterocycles. The van der Waals surface area contributed by atoms with Crippen molar-refractivity contribution >= 4 is 0 Å². The molecule has 124 valence electrons. The van der Waals surface area contributed by atoms with Crippen LogP contribution in [0.1, 0.15) is 46.0 Å². The van der Waals surface area contributed by atoms with Gasteiger partial charge in [0, 0.05) is 31.7 Å². The third kappa shape index (κ3) is 5.51. The van der Waals surface area contributed by atoms with Gasteiger partial charge in [-0.3, -0.25) is 4.90 Å². The fourth-order valence-corrected chi connectivity index (χ4v) is 3.72. The monoisotopic (exact) mass is 297 g/mol. The smallest absolute Gasteiger partial charge is 0.0829 e. The van der Waals surface area contributed by atoms with E-state index in [0.29, 0.717) is 6.10 Å². The summed E-state index contributed by atoms with van der Waals surface area (Å²) in [5, 5.41) is 3.68. The summed E-state index contributed by atoms with van der Waals surface area (Å²) in [6.45, 7) is 11.0. The van der Waals surface area contributed by atoms with Crippen LogP contribution in [-0.4, -0.2) is 74.4 Å². The molecule has 1 N–H and O–H groups in total. The van der Waals surface area contributed by atoms with E-state index >= 15 is 0 Å². The molecule has 4 nitrogen and oxygen atoms in total. The Balaban J connectivity index is 1.68. The highest BCUT2D eigenvalue weighted by atomic mass is 16.5. The van der Waals surface area contributed by atoms with Crippen LogP contribution in [-0.2, 0) is 4.74 Å². The second-order valence-electron chi connectivity index (χ2n) is 6.79. The second-order valence-corrected chi connectivity index (χ2v) is 6.79. The van der Waals surface area contributed by atoms with Crippen LogP contribution in [0.5, 0.6) is 0 Å². The Kier molecular flexibility index (Phi) is 7.44. The fraction of sp³-hybridized carbons (Fsp3) is 1.00. The highest BCUT2D eigenvalue weighted by Crippen LogP contribution is 2.23. The van der Waals surface area contributed by atoms with E-state index in [1.165, 1.54) is 38.6 Å². The third-order valence-corrected chi connectivity index (χ3v) is 5.16. The maximum absolute atomic E-state index is 5.95. The Morgan fingerprint density at radius 2 is 1.95 bits per heavy atom. The van der Waals surface area contributed by atoms with Crippen LogP contribution in [0.2, 0.25) is 0 Å². The zero-order valence-electron chi connectivity index (χ0n) is 14.3. The van der Waals surface area contributed by atoms with Gasteiger partial charge < -0.3 is 15.0 Å². The number of nitrogens with zero attached hydrogens (tertiary/aromatic N) is 2. The lowest BCUT2D eigenvalue weighted by Gasteiger charge is -2.39. The van der Waals surface area contributed by atoms with Crippen LogP contribution in [0.3, 0.4) is 0 Å². The molecule has 1 atom stereocenters. The summed E-state index contributed by atoms with van der Waals surface area (Å²) in [5.41, 5.74) is 0. The van der Waals surface area contributed by atoms with Crippen molar-refractivity contribution in [3.8, 4) is 0 Å². The summed E-state index contributed by atoms with van der Waals surface area (Å²) < 4.78 is 5.95. The molecular formula is C17H35N3O. The Labute approximate surface area is 131 Å². The number of ether oxygens (including phenoxy) is 1. The molecule has 0 amide bonds. The maximum atomic E-state index is 5.95. The molecular weight excluding hydrogens is 262 g/mol. The summed E-state index contributed by atoms with van der Waals surface area (Å²) in [5.74, 6) is 0. The number of likely N-dealkylation sites (N-methyl/N-ethyl adjacent to an activating group) is 2. The zero-order valence-corrected chi connectivity index (χ0v) is 14.3. The molecule has 1 aliphatic heterocycles. The highest BCUT2D eigenvalue weighted by molar-refractivity contribution is 4.83. The van der Waals surface area contributed by atoms with Gasteiger partial charge in [-0.05, 0) is 52.2 Å². The van der Waals surface area contributed by atoms with Gasteiger partial charge in [0.2, 0.25) is 0 Å². The summed E-state index contributed by atoms with van der Waals surface area (Å²) in [6.07, 6.45) is 6.99. The van der Waals surface area contributed by atoms with E-state index in [2.05, 4.69) is 36.0 Å². The predicted molar refractivity (Wildman–Crippen MR) is 88.8 cm³/mol. The Morgan fingerprint density at radius 1 is 1.19 bits per heavy atom. The normalized spacial score (nSPS) is 31.7. The van der Waals surface area contributed by atoms with Crippen molar-refractivity contribution in [1.82, 2.24) is 15.1 Å². The largest absolute Gasteiger partial charge is 0.374 e. The van der Waals surface area contributed by atoms with Crippen molar-refractivity contribution in [2.75, 3.05) is 46.4 Å². The minimum Gasteiger partial charge on any atom is -0.374 e. The van der Waals surface area contributed by atoms with Crippen molar-refractivity contribution in [1.29, 1.82) is 0 Å². The third-order valence-electron chi connectivity index (χ3n) is 5.16. The van der Waals surface area contributed by atoms with Crippen molar-refractivity contribution in [2.45, 2.75) is 64.1 Å². The lowest BCUT2D eigenvalue weighted by atomic mass is 9.90. The molecule has 2 rings (SSSR count). The number of hydrogen-bond donors (Lipinski definition) is 1. The van der Waals surface area contributed by atoms with Gasteiger partial charge in [-0.1, -0.05) is 13.8 Å². The first-order valence-corrected chi connectivity index (χ1v) is 9.00. The van der Waals surface area contributed by atoms with Crippen molar-refractivity contribution < 1.29 is 4.74 Å². The molecule has 1 unspecified atom stereocenters. The molecule has 0 aromatic carbocycles. The topological polar surface area (TPSA) is 27.7 Å². The standard InChI is InChI=1S/C17H35N3O/c1-4-10-18-15-6-8-16(9-7-15)19(3)13-17-14-20(5-2)11-12-21-17/h15-18H,4-14H2,1-3H3. The SMILES string of the molecule is CCCNC1CCC(N(C)CC2CN(CC)CCO2)CC1. The van der Waals surface area contributed by atoms with Gasteiger partial charge in [-0.2, -0.15) is 0 Å². The first-order valence-electron chi connectivity index (χ1n) is 9.00. The molecule has 0 spiro atoms. The lowest BCUT2D eigenvalue weighted by Crippen LogP contribution is -2.49. The van der Waals surface area contributed by atoms with E-state index in [1.54, 1.807) is 0 Å². The molecule has 2 fully saturated rings. The van der Waals surface area contributed by atoms with Crippen LogP contribution in [0, 0.1) is 0 Å². The zero-order chi connectivity index (χ0) is 15.1. The van der Waals surface area contributed by atoms with Crippen molar-refractivity contribution in [3.63, 3.8) is 0 Å². The van der Waals surface area contributed by atoms with E-state index < -0.39 is 0 Å². The fourth-order valence-electron chi connectivity index (χ4n) is 3.72. The van der Waals surface area contributed by atoms with E-state index in [1.807, 2.05) is 0 Å². The van der Waals surface area contributed by atoms with Crippen LogP contribution >= 0.6 is 0 Å². The summed E-state index contributed by atoms with van der Waals surface area (Å²) in [7, 11) is 2.29. The molecule has 0 radical (unpaired) electrons. The van der Waals surface area contributed by atoms with Crippen molar-refractivity contribution in [3.05, 3.63) is 0 Å². The first-order chi connectivity index (χ1) is 10.2. The second kappa shape index (κ2) is 9.09. The van der Waals surface area contributed by atoms with Gasteiger partial charge in [0.25, 0.3) is 0 Å². The van der Waals surface area contributed by atoms with E-state index in [0.717, 1.165) is 44.9 Å². The average molecular weight is 297 g/mol. The predicted octanol–water partition coefficient (Wildman–Crippen LogP) is 1.95. The average Bonchev–Trinajstić information content (AvgIpc) is 2.53. The molecule has 0 aromatic heterocycles. The minimum absolute atomic E-state index is 0.402. The minimum atomic E-state index is 0.402. The Morgan fingerprint density at radius 3 is 2.62 bits per heavy atom. The summed E-state index contributed by atoms with van der Waals surface area (Å²) in [6, 6.07) is 1.52. The Bertz CT molecular complexity index is 279. The lowest BCUT2D eigenvalue weighted by molar-refractivity contribution is -0.0454. The van der Waals surface area contributed by atoms with Crippen molar-refractivity contribution in [2.24, 2.45) is 0 Å². The van der Waals surface area contributed by atoms with Gasteiger partial charge in [-0.25, -0.2) is 0 Å². The number of rotatable bonds is 7. The van der Waals surface area contributed by atoms with Crippen LogP contribution in [0.25, 0.3) is 0 Å². The number of morpholine rings is 1. The summed E-state index contributed by atoms with van der Waals surface area (Å²) >= 11 is 0. The van der Waals surface area contributed by atoms with E-state index in [9.17, 15) is 0 Å². The van der Waals surface area contributed by atoms with Gasteiger partial charge >= 0.3 is 0 Å². The van der Waals surface area contributed by atoms with Crippen LogP contribution < -0.4 is 5.32 Å².